The van der Waals surface area contributed by atoms with Gasteiger partial charge < -0.3 is 10.6 Å². The standard InChI is InChI=1S/C22H26N10O/c33-22(26-15-19-8-2-4-10-25-19)21-17-32(30-28-21)12-6-5-11-31-16-20(27-29-31)14-23-13-18-7-1-3-9-24-18/h1-4,7-10,16-17,23H,5-6,11-15H2,(H,26,33). The molecule has 170 valence electrons. The van der Waals surface area contributed by atoms with Crippen molar-refractivity contribution in [2.45, 2.75) is 45.6 Å². The van der Waals surface area contributed by atoms with E-state index in [1.165, 1.54) is 0 Å². The maximum Gasteiger partial charge on any atom is 0.273 e. The van der Waals surface area contributed by atoms with Crippen molar-refractivity contribution >= 4 is 5.91 Å². The number of carbonyl (C=O) groups excluding carboxylic acids is 1. The molecule has 0 aliphatic carbocycles. The van der Waals surface area contributed by atoms with Crippen LogP contribution in [0.2, 0.25) is 0 Å². The molecule has 0 saturated heterocycles. The van der Waals surface area contributed by atoms with Gasteiger partial charge in [-0.3, -0.25) is 24.1 Å². The highest BCUT2D eigenvalue weighted by molar-refractivity contribution is 5.91. The minimum atomic E-state index is -0.265. The molecule has 0 aromatic carbocycles. The lowest BCUT2D eigenvalue weighted by Crippen LogP contribution is -2.23. The maximum atomic E-state index is 12.2. The van der Waals surface area contributed by atoms with Gasteiger partial charge in [0.2, 0.25) is 0 Å². The largest absolute Gasteiger partial charge is 0.345 e. The zero-order chi connectivity index (χ0) is 22.7. The van der Waals surface area contributed by atoms with E-state index in [4.69, 9.17) is 0 Å². The molecule has 33 heavy (non-hydrogen) atoms. The molecule has 0 saturated carbocycles. The number of nitrogens with zero attached hydrogens (tertiary/aromatic N) is 8. The van der Waals surface area contributed by atoms with Crippen molar-refractivity contribution in [3.63, 3.8) is 0 Å². The minimum absolute atomic E-state index is 0.265. The third-order valence-electron chi connectivity index (χ3n) is 4.88. The fourth-order valence-corrected chi connectivity index (χ4v) is 3.17. The van der Waals surface area contributed by atoms with Gasteiger partial charge in [-0.25, -0.2) is 0 Å². The molecular formula is C22H26N10O. The van der Waals surface area contributed by atoms with Crippen molar-refractivity contribution < 1.29 is 4.79 Å². The van der Waals surface area contributed by atoms with E-state index in [-0.39, 0.29) is 5.91 Å². The predicted molar refractivity (Wildman–Crippen MR) is 119 cm³/mol. The van der Waals surface area contributed by atoms with Crippen LogP contribution in [0.5, 0.6) is 0 Å². The maximum absolute atomic E-state index is 12.2. The van der Waals surface area contributed by atoms with Crippen LogP contribution in [-0.4, -0.2) is 45.9 Å². The smallest absolute Gasteiger partial charge is 0.273 e. The summed E-state index contributed by atoms with van der Waals surface area (Å²) < 4.78 is 3.53. The first-order valence-electron chi connectivity index (χ1n) is 10.8. The van der Waals surface area contributed by atoms with E-state index in [1.807, 2.05) is 47.3 Å². The first-order chi connectivity index (χ1) is 16.3. The molecule has 2 N–H and O–H groups in total. The first-order valence-corrected chi connectivity index (χ1v) is 10.8. The van der Waals surface area contributed by atoms with Gasteiger partial charge in [-0.1, -0.05) is 22.6 Å². The van der Waals surface area contributed by atoms with Gasteiger partial charge in [0, 0.05) is 44.8 Å². The van der Waals surface area contributed by atoms with Crippen molar-refractivity contribution in [3.8, 4) is 0 Å². The molecule has 0 unspecified atom stereocenters. The van der Waals surface area contributed by atoms with Gasteiger partial charge in [0.1, 0.15) is 0 Å². The quantitative estimate of drug-likeness (QED) is 0.312. The number of hydrogen-bond acceptors (Lipinski definition) is 8. The van der Waals surface area contributed by atoms with E-state index < -0.39 is 0 Å². The molecule has 4 aromatic rings. The highest BCUT2D eigenvalue weighted by atomic mass is 16.2. The number of aromatic nitrogens is 8. The summed E-state index contributed by atoms with van der Waals surface area (Å²) in [5.74, 6) is -0.265. The topological polar surface area (TPSA) is 128 Å². The van der Waals surface area contributed by atoms with E-state index >= 15 is 0 Å². The van der Waals surface area contributed by atoms with Crippen molar-refractivity contribution in [1.82, 2.24) is 50.6 Å². The molecule has 0 bridgehead atoms. The van der Waals surface area contributed by atoms with Gasteiger partial charge in [0.15, 0.2) is 5.69 Å². The van der Waals surface area contributed by atoms with E-state index in [2.05, 4.69) is 41.2 Å². The Hall–Kier alpha value is -3.99. The minimum Gasteiger partial charge on any atom is -0.345 e. The number of nitrogens with one attached hydrogen (secondary N) is 2. The summed E-state index contributed by atoms with van der Waals surface area (Å²) in [6.45, 7) is 3.12. The molecule has 0 radical (unpaired) electrons. The number of rotatable bonds is 12. The number of unbranched alkanes of at least 4 members (excludes halogenated alkanes) is 1. The van der Waals surface area contributed by atoms with Crippen LogP contribution in [0.25, 0.3) is 0 Å². The Kier molecular flexibility index (Phi) is 7.79. The molecule has 0 spiro atoms. The molecule has 4 aromatic heterocycles. The number of amides is 1. The average Bonchev–Trinajstić information content (AvgIpc) is 3.51. The van der Waals surface area contributed by atoms with Crippen molar-refractivity contribution in [2.75, 3.05) is 0 Å². The van der Waals surface area contributed by atoms with Crippen molar-refractivity contribution in [2.24, 2.45) is 0 Å². The molecule has 4 rings (SSSR count). The van der Waals surface area contributed by atoms with Crippen LogP contribution in [0.1, 0.15) is 40.4 Å². The number of aryl methyl sites for hydroxylation is 2. The summed E-state index contributed by atoms with van der Waals surface area (Å²) in [5, 5.41) is 22.5. The van der Waals surface area contributed by atoms with Gasteiger partial charge >= 0.3 is 0 Å². The molecule has 0 fully saturated rings. The zero-order valence-electron chi connectivity index (χ0n) is 18.2. The predicted octanol–water partition coefficient (Wildman–Crippen LogP) is 1.36. The summed E-state index contributed by atoms with van der Waals surface area (Å²) in [4.78, 5) is 20.7. The highest BCUT2D eigenvalue weighted by Crippen LogP contribution is 2.02. The summed E-state index contributed by atoms with van der Waals surface area (Å²) >= 11 is 0. The molecule has 4 heterocycles. The fraction of sp³-hybridized carbons (Fsp3) is 0.318. The number of carbonyl (C=O) groups is 1. The Bertz CT molecular complexity index is 1130. The highest BCUT2D eigenvalue weighted by Gasteiger charge is 2.10. The van der Waals surface area contributed by atoms with Crippen LogP contribution in [0, 0.1) is 0 Å². The first kappa shape index (κ1) is 22.2. The second-order valence-electron chi connectivity index (χ2n) is 7.48. The van der Waals surface area contributed by atoms with Crippen LogP contribution < -0.4 is 10.6 Å². The van der Waals surface area contributed by atoms with Gasteiger partial charge in [-0.2, -0.15) is 0 Å². The second kappa shape index (κ2) is 11.6. The fourth-order valence-electron chi connectivity index (χ4n) is 3.17. The van der Waals surface area contributed by atoms with Gasteiger partial charge in [0.05, 0.1) is 29.8 Å². The Morgan fingerprint density at radius 2 is 1.39 bits per heavy atom. The molecule has 0 aliphatic rings. The van der Waals surface area contributed by atoms with Crippen molar-refractivity contribution in [3.05, 3.63) is 84.0 Å². The van der Waals surface area contributed by atoms with Crippen LogP contribution in [0.3, 0.4) is 0 Å². The Balaban J connectivity index is 1.13. The summed E-state index contributed by atoms with van der Waals surface area (Å²) in [6.07, 6.45) is 8.88. The van der Waals surface area contributed by atoms with E-state index in [9.17, 15) is 4.79 Å². The number of pyridine rings is 2. The monoisotopic (exact) mass is 446 g/mol. The van der Waals surface area contributed by atoms with Gasteiger partial charge in [-0.05, 0) is 37.1 Å². The zero-order valence-corrected chi connectivity index (χ0v) is 18.2. The van der Waals surface area contributed by atoms with Gasteiger partial charge in [0.25, 0.3) is 5.91 Å². The Morgan fingerprint density at radius 3 is 2.09 bits per heavy atom. The SMILES string of the molecule is O=C(NCc1ccccn1)c1cn(CCCCn2cc(CNCc3ccccn3)nn2)nn1. The van der Waals surface area contributed by atoms with Crippen LogP contribution in [0.4, 0.5) is 0 Å². The Labute approximate surface area is 191 Å². The molecule has 0 atom stereocenters. The van der Waals surface area contributed by atoms with E-state index in [0.717, 1.165) is 36.5 Å². The normalized spacial score (nSPS) is 10.9. The second-order valence-corrected chi connectivity index (χ2v) is 7.48. The summed E-state index contributed by atoms with van der Waals surface area (Å²) in [7, 11) is 0. The lowest BCUT2D eigenvalue weighted by molar-refractivity contribution is 0.0945. The third kappa shape index (κ3) is 7.01. The summed E-state index contributed by atoms with van der Waals surface area (Å²) in [6, 6.07) is 11.4. The van der Waals surface area contributed by atoms with Crippen LogP contribution >= 0.6 is 0 Å². The summed E-state index contributed by atoms with van der Waals surface area (Å²) in [5.41, 5.74) is 2.97. The van der Waals surface area contributed by atoms with Crippen molar-refractivity contribution in [1.29, 1.82) is 0 Å². The Morgan fingerprint density at radius 1 is 0.758 bits per heavy atom. The number of hydrogen-bond donors (Lipinski definition) is 2. The van der Waals surface area contributed by atoms with E-state index in [1.54, 1.807) is 23.3 Å². The van der Waals surface area contributed by atoms with Crippen LogP contribution in [-0.2, 0) is 32.7 Å². The molecule has 11 heteroatoms. The van der Waals surface area contributed by atoms with E-state index in [0.29, 0.717) is 31.9 Å². The van der Waals surface area contributed by atoms with Gasteiger partial charge in [-0.15, -0.1) is 10.2 Å². The average molecular weight is 447 g/mol. The van der Waals surface area contributed by atoms with Crippen LogP contribution in [0.15, 0.2) is 61.2 Å². The molecule has 1 amide bonds. The molecular weight excluding hydrogens is 420 g/mol. The lowest BCUT2D eigenvalue weighted by Gasteiger charge is -2.02. The molecule has 11 nitrogen and oxygen atoms in total. The third-order valence-corrected chi connectivity index (χ3v) is 4.88. The molecule has 0 aliphatic heterocycles. The lowest BCUT2D eigenvalue weighted by atomic mass is 10.3.